The molecule has 1 aliphatic heterocycles. The summed E-state index contributed by atoms with van der Waals surface area (Å²) < 4.78 is 6.37. The molecule has 1 atom stereocenters. The Labute approximate surface area is 109 Å². The lowest BCUT2D eigenvalue weighted by atomic mass is 9.83. The fourth-order valence-electron chi connectivity index (χ4n) is 3.46. The Bertz CT molecular complexity index is 413. The zero-order valence-corrected chi connectivity index (χ0v) is 10.9. The van der Waals surface area contributed by atoms with Crippen LogP contribution >= 0.6 is 0 Å². The van der Waals surface area contributed by atoms with Gasteiger partial charge in [0.2, 0.25) is 0 Å². The molecule has 0 bridgehead atoms. The first-order valence-corrected chi connectivity index (χ1v) is 7.14. The molecule has 1 aromatic heterocycles. The number of hydrogen-bond acceptors (Lipinski definition) is 3. The molecule has 2 N–H and O–H groups in total. The molecule has 0 aromatic carbocycles. The van der Waals surface area contributed by atoms with Crippen molar-refractivity contribution < 1.29 is 4.74 Å². The predicted molar refractivity (Wildman–Crippen MR) is 72.3 cm³/mol. The van der Waals surface area contributed by atoms with Gasteiger partial charge in [-0.05, 0) is 37.3 Å². The molecule has 2 fully saturated rings. The van der Waals surface area contributed by atoms with Gasteiger partial charge in [0.05, 0.1) is 11.7 Å². The highest BCUT2D eigenvalue weighted by molar-refractivity contribution is 5.44. The Morgan fingerprint density at radius 2 is 2.11 bits per heavy atom. The normalized spacial score (nSPS) is 26.6. The zero-order chi connectivity index (χ0) is 12.4. The topological polar surface area (TPSA) is 48.1 Å². The van der Waals surface area contributed by atoms with Crippen LogP contribution in [0.4, 0.5) is 5.69 Å². The fourth-order valence-corrected chi connectivity index (χ4v) is 3.46. The maximum absolute atomic E-state index is 6.37. The van der Waals surface area contributed by atoms with Crippen LogP contribution in [0.15, 0.2) is 18.5 Å². The van der Waals surface area contributed by atoms with Crippen LogP contribution in [0.1, 0.15) is 50.5 Å². The van der Waals surface area contributed by atoms with E-state index in [2.05, 4.69) is 4.98 Å². The van der Waals surface area contributed by atoms with E-state index in [1.54, 1.807) is 6.20 Å². The van der Waals surface area contributed by atoms with Crippen LogP contribution in [0.5, 0.6) is 0 Å². The third-order valence-corrected chi connectivity index (χ3v) is 4.49. The predicted octanol–water partition coefficient (Wildman–Crippen LogP) is 3.09. The standard InChI is InChI=1S/C15H22N2O/c16-14-5-9-17-11-12(14)10-13-4-8-15(18-13)6-2-1-3-7-15/h5,9,11,13H,1-4,6-8,10H2,(H2,16,17). The Hall–Kier alpha value is -1.09. The van der Waals surface area contributed by atoms with Crippen LogP contribution in [0.25, 0.3) is 0 Å². The van der Waals surface area contributed by atoms with Crippen molar-refractivity contribution in [2.45, 2.75) is 63.1 Å². The van der Waals surface area contributed by atoms with Gasteiger partial charge in [0.15, 0.2) is 0 Å². The van der Waals surface area contributed by atoms with E-state index in [9.17, 15) is 0 Å². The lowest BCUT2D eigenvalue weighted by Crippen LogP contribution is -2.32. The monoisotopic (exact) mass is 246 g/mol. The minimum absolute atomic E-state index is 0.208. The first kappa shape index (κ1) is 12.0. The summed E-state index contributed by atoms with van der Waals surface area (Å²) in [5, 5.41) is 0. The molecule has 1 saturated carbocycles. The van der Waals surface area contributed by atoms with E-state index >= 15 is 0 Å². The summed E-state index contributed by atoms with van der Waals surface area (Å²) >= 11 is 0. The third kappa shape index (κ3) is 2.37. The van der Waals surface area contributed by atoms with Crippen molar-refractivity contribution in [2.24, 2.45) is 0 Å². The first-order chi connectivity index (χ1) is 8.77. The summed E-state index contributed by atoms with van der Waals surface area (Å²) in [6.07, 6.45) is 13.9. The Kier molecular flexibility index (Phi) is 3.25. The van der Waals surface area contributed by atoms with Crippen molar-refractivity contribution in [3.63, 3.8) is 0 Å². The van der Waals surface area contributed by atoms with E-state index in [-0.39, 0.29) is 5.60 Å². The second-order valence-corrected chi connectivity index (χ2v) is 5.80. The van der Waals surface area contributed by atoms with Crippen LogP contribution in [0.2, 0.25) is 0 Å². The molecule has 1 saturated heterocycles. The van der Waals surface area contributed by atoms with Crippen LogP contribution < -0.4 is 5.73 Å². The zero-order valence-electron chi connectivity index (χ0n) is 10.9. The van der Waals surface area contributed by atoms with Gasteiger partial charge in [0.25, 0.3) is 0 Å². The van der Waals surface area contributed by atoms with Gasteiger partial charge in [0, 0.05) is 24.5 Å². The van der Waals surface area contributed by atoms with Gasteiger partial charge in [0.1, 0.15) is 0 Å². The van der Waals surface area contributed by atoms with E-state index < -0.39 is 0 Å². The molecular formula is C15H22N2O. The SMILES string of the molecule is Nc1ccncc1CC1CCC2(CCCCC2)O1. The van der Waals surface area contributed by atoms with Crippen LogP contribution in [0.3, 0.4) is 0 Å². The van der Waals surface area contributed by atoms with Crippen molar-refractivity contribution in [3.05, 3.63) is 24.0 Å². The fraction of sp³-hybridized carbons (Fsp3) is 0.667. The molecule has 3 rings (SSSR count). The highest BCUT2D eigenvalue weighted by Gasteiger charge is 2.40. The van der Waals surface area contributed by atoms with Crippen molar-refractivity contribution >= 4 is 5.69 Å². The van der Waals surface area contributed by atoms with Crippen LogP contribution in [0, 0.1) is 0 Å². The van der Waals surface area contributed by atoms with Gasteiger partial charge in [-0.15, -0.1) is 0 Å². The van der Waals surface area contributed by atoms with Crippen LogP contribution in [-0.4, -0.2) is 16.7 Å². The number of anilines is 1. The van der Waals surface area contributed by atoms with E-state index in [0.29, 0.717) is 6.10 Å². The molecule has 0 radical (unpaired) electrons. The van der Waals surface area contributed by atoms with Gasteiger partial charge < -0.3 is 10.5 Å². The van der Waals surface area contributed by atoms with Crippen molar-refractivity contribution in [1.82, 2.24) is 4.98 Å². The van der Waals surface area contributed by atoms with Gasteiger partial charge in [-0.3, -0.25) is 4.98 Å². The number of hydrogen-bond donors (Lipinski definition) is 1. The molecule has 2 heterocycles. The van der Waals surface area contributed by atoms with E-state index in [1.807, 2.05) is 12.3 Å². The van der Waals surface area contributed by atoms with Gasteiger partial charge in [-0.25, -0.2) is 0 Å². The number of aromatic nitrogens is 1. The summed E-state index contributed by atoms with van der Waals surface area (Å²) in [5.74, 6) is 0. The van der Waals surface area contributed by atoms with Gasteiger partial charge in [-0.2, -0.15) is 0 Å². The maximum atomic E-state index is 6.37. The quantitative estimate of drug-likeness (QED) is 0.872. The molecule has 1 aliphatic carbocycles. The number of pyridine rings is 1. The lowest BCUT2D eigenvalue weighted by Gasteiger charge is -2.33. The molecular weight excluding hydrogens is 224 g/mol. The summed E-state index contributed by atoms with van der Waals surface area (Å²) in [6, 6.07) is 1.88. The largest absolute Gasteiger partial charge is 0.398 e. The highest BCUT2D eigenvalue weighted by atomic mass is 16.5. The summed E-state index contributed by atoms with van der Waals surface area (Å²) in [5.41, 5.74) is 8.16. The van der Waals surface area contributed by atoms with Gasteiger partial charge >= 0.3 is 0 Å². The molecule has 18 heavy (non-hydrogen) atoms. The second-order valence-electron chi connectivity index (χ2n) is 5.80. The lowest BCUT2D eigenvalue weighted by molar-refractivity contribution is -0.0628. The summed E-state index contributed by atoms with van der Waals surface area (Å²) in [4.78, 5) is 4.16. The Morgan fingerprint density at radius 3 is 2.89 bits per heavy atom. The molecule has 2 aliphatic rings. The minimum atomic E-state index is 0.208. The first-order valence-electron chi connectivity index (χ1n) is 7.14. The number of nitrogens with zero attached hydrogens (tertiary/aromatic N) is 1. The second kappa shape index (κ2) is 4.88. The number of nitrogens with two attached hydrogens (primary N) is 1. The van der Waals surface area contributed by atoms with E-state index in [0.717, 1.165) is 17.7 Å². The van der Waals surface area contributed by atoms with E-state index in [1.165, 1.54) is 44.9 Å². The highest BCUT2D eigenvalue weighted by Crippen LogP contribution is 2.42. The molecule has 3 nitrogen and oxygen atoms in total. The van der Waals surface area contributed by atoms with Crippen molar-refractivity contribution in [1.29, 1.82) is 0 Å². The van der Waals surface area contributed by atoms with Gasteiger partial charge in [-0.1, -0.05) is 19.3 Å². The minimum Gasteiger partial charge on any atom is -0.398 e. The number of rotatable bonds is 2. The average Bonchev–Trinajstić information content (AvgIpc) is 2.76. The molecule has 1 spiro atoms. The third-order valence-electron chi connectivity index (χ3n) is 4.49. The molecule has 1 aromatic rings. The smallest absolute Gasteiger partial charge is 0.0687 e. The van der Waals surface area contributed by atoms with E-state index in [4.69, 9.17) is 10.5 Å². The summed E-state index contributed by atoms with van der Waals surface area (Å²) in [6.45, 7) is 0. The summed E-state index contributed by atoms with van der Waals surface area (Å²) in [7, 11) is 0. The molecule has 0 amide bonds. The van der Waals surface area contributed by atoms with Crippen molar-refractivity contribution in [3.8, 4) is 0 Å². The number of ether oxygens (including phenoxy) is 1. The number of nitrogen functional groups attached to an aromatic ring is 1. The Morgan fingerprint density at radius 1 is 1.28 bits per heavy atom. The Balaban J connectivity index is 1.64. The van der Waals surface area contributed by atoms with Crippen LogP contribution in [-0.2, 0) is 11.2 Å². The molecule has 1 unspecified atom stereocenters. The molecule has 3 heteroatoms. The average molecular weight is 246 g/mol. The maximum Gasteiger partial charge on any atom is 0.0687 e. The molecule has 98 valence electrons. The van der Waals surface area contributed by atoms with Crippen molar-refractivity contribution in [2.75, 3.05) is 5.73 Å².